The van der Waals surface area contributed by atoms with Gasteiger partial charge in [0.25, 0.3) is 5.91 Å². The summed E-state index contributed by atoms with van der Waals surface area (Å²) < 4.78 is 2.00. The molecular formula is C21H24N6O. The lowest BCUT2D eigenvalue weighted by molar-refractivity contribution is 0.0795. The third kappa shape index (κ3) is 2.89. The summed E-state index contributed by atoms with van der Waals surface area (Å²) in [4.78, 5) is 26.9. The molecule has 1 amide bonds. The average Bonchev–Trinajstić information content (AvgIpc) is 3.30. The first-order chi connectivity index (χ1) is 13.5. The Morgan fingerprint density at radius 2 is 2.14 bits per heavy atom. The summed E-state index contributed by atoms with van der Waals surface area (Å²) in [7, 11) is 5.65. The predicted molar refractivity (Wildman–Crippen MR) is 113 cm³/mol. The second kappa shape index (κ2) is 6.99. The molecule has 0 atom stereocenters. The fourth-order valence-electron chi connectivity index (χ4n) is 3.61. The summed E-state index contributed by atoms with van der Waals surface area (Å²) in [5.74, 6) is 0.769. The Morgan fingerprint density at radius 3 is 2.89 bits per heavy atom. The second-order valence-electron chi connectivity index (χ2n) is 7.02. The molecule has 0 spiro atoms. The Kier molecular flexibility index (Phi) is 4.50. The van der Waals surface area contributed by atoms with Crippen LogP contribution in [-0.2, 0) is 7.05 Å². The lowest BCUT2D eigenvalue weighted by Gasteiger charge is -2.16. The van der Waals surface area contributed by atoms with Gasteiger partial charge in [-0.15, -0.1) is 0 Å². The van der Waals surface area contributed by atoms with Gasteiger partial charge in [0.05, 0.1) is 11.8 Å². The second-order valence-corrected chi connectivity index (χ2v) is 7.02. The van der Waals surface area contributed by atoms with E-state index in [4.69, 9.17) is 0 Å². The maximum Gasteiger partial charge on any atom is 0.253 e. The topological polar surface area (TPSA) is 78.8 Å². The number of anilines is 1. The minimum atomic E-state index is 0.0319. The van der Waals surface area contributed by atoms with Crippen LogP contribution in [0.4, 0.5) is 5.82 Å². The molecule has 0 unspecified atom stereocenters. The van der Waals surface area contributed by atoms with Crippen LogP contribution in [-0.4, -0.2) is 51.0 Å². The van der Waals surface area contributed by atoms with E-state index in [9.17, 15) is 4.79 Å². The highest BCUT2D eigenvalue weighted by molar-refractivity contribution is 6.07. The van der Waals surface area contributed by atoms with Crippen molar-refractivity contribution < 1.29 is 4.79 Å². The molecular weight excluding hydrogens is 352 g/mol. The molecule has 144 valence electrons. The number of fused-ring (bicyclic) bond motifs is 3. The molecule has 0 fully saturated rings. The quantitative estimate of drug-likeness (QED) is 0.557. The van der Waals surface area contributed by atoms with E-state index in [1.54, 1.807) is 11.2 Å². The number of rotatable bonds is 5. The Labute approximate surface area is 163 Å². The maximum absolute atomic E-state index is 12.6. The molecule has 7 nitrogen and oxygen atoms in total. The van der Waals surface area contributed by atoms with Crippen molar-refractivity contribution in [2.24, 2.45) is 7.05 Å². The van der Waals surface area contributed by atoms with E-state index in [0.29, 0.717) is 5.56 Å². The highest BCUT2D eigenvalue weighted by atomic mass is 16.2. The van der Waals surface area contributed by atoms with Gasteiger partial charge in [0.2, 0.25) is 0 Å². The van der Waals surface area contributed by atoms with Crippen LogP contribution >= 0.6 is 0 Å². The highest BCUT2D eigenvalue weighted by Gasteiger charge is 2.16. The summed E-state index contributed by atoms with van der Waals surface area (Å²) in [5, 5.41) is 4.12. The van der Waals surface area contributed by atoms with Gasteiger partial charge in [0, 0.05) is 44.3 Å². The van der Waals surface area contributed by atoms with Crippen LogP contribution in [0.25, 0.3) is 33.3 Å². The van der Waals surface area contributed by atoms with Crippen molar-refractivity contribution >= 4 is 33.8 Å². The van der Waals surface area contributed by atoms with E-state index in [0.717, 1.165) is 52.1 Å². The van der Waals surface area contributed by atoms with Crippen molar-refractivity contribution in [3.63, 3.8) is 0 Å². The van der Waals surface area contributed by atoms with Gasteiger partial charge < -0.3 is 19.8 Å². The normalized spacial score (nSPS) is 11.3. The molecule has 3 heterocycles. The predicted octanol–water partition coefficient (Wildman–Crippen LogP) is 3.64. The van der Waals surface area contributed by atoms with Gasteiger partial charge in [-0.1, -0.05) is 19.1 Å². The van der Waals surface area contributed by atoms with Crippen LogP contribution in [0.15, 0.2) is 36.7 Å². The highest BCUT2D eigenvalue weighted by Crippen LogP contribution is 2.31. The molecule has 0 radical (unpaired) electrons. The molecule has 2 N–H and O–H groups in total. The van der Waals surface area contributed by atoms with Gasteiger partial charge >= 0.3 is 0 Å². The third-order valence-electron chi connectivity index (χ3n) is 5.00. The number of aromatic amines is 1. The molecule has 0 aliphatic carbocycles. The minimum absolute atomic E-state index is 0.0319. The van der Waals surface area contributed by atoms with Crippen molar-refractivity contribution in [1.29, 1.82) is 0 Å². The number of nitrogens with zero attached hydrogens (tertiary/aromatic N) is 4. The van der Waals surface area contributed by atoms with Crippen molar-refractivity contribution in [2.45, 2.75) is 13.3 Å². The molecule has 4 rings (SSSR count). The first-order valence-electron chi connectivity index (χ1n) is 9.41. The number of hydrogen-bond donors (Lipinski definition) is 2. The van der Waals surface area contributed by atoms with Crippen LogP contribution in [0.3, 0.4) is 0 Å². The zero-order valence-electron chi connectivity index (χ0n) is 16.6. The lowest BCUT2D eigenvalue weighted by atomic mass is 10.1. The number of pyridine rings is 1. The Morgan fingerprint density at radius 1 is 1.32 bits per heavy atom. The number of amides is 1. The van der Waals surface area contributed by atoms with E-state index in [-0.39, 0.29) is 5.91 Å². The molecule has 0 bridgehead atoms. The van der Waals surface area contributed by atoms with E-state index < -0.39 is 0 Å². The van der Waals surface area contributed by atoms with E-state index >= 15 is 0 Å². The van der Waals surface area contributed by atoms with Crippen LogP contribution in [0.5, 0.6) is 0 Å². The molecule has 0 saturated carbocycles. The molecule has 0 aliphatic rings. The van der Waals surface area contributed by atoms with Crippen molar-refractivity contribution in [1.82, 2.24) is 24.4 Å². The summed E-state index contributed by atoms with van der Waals surface area (Å²) in [6, 6.07) is 9.78. The third-order valence-corrected chi connectivity index (χ3v) is 5.00. The lowest BCUT2D eigenvalue weighted by Crippen LogP contribution is -2.27. The van der Waals surface area contributed by atoms with Crippen LogP contribution in [0, 0.1) is 0 Å². The maximum atomic E-state index is 12.6. The number of carbonyl (C=O) groups is 1. The van der Waals surface area contributed by atoms with Crippen molar-refractivity contribution in [3.05, 3.63) is 42.2 Å². The minimum Gasteiger partial charge on any atom is -0.371 e. The van der Waals surface area contributed by atoms with Crippen molar-refractivity contribution in [3.8, 4) is 11.3 Å². The zero-order chi connectivity index (χ0) is 19.8. The summed E-state index contributed by atoms with van der Waals surface area (Å²) >= 11 is 0. The van der Waals surface area contributed by atoms with Gasteiger partial charge in [-0.05, 0) is 30.2 Å². The molecule has 1 aromatic carbocycles. The standard InChI is InChI=1S/C21H24N6O/c1-5-9-26(3)21(28)14-8-6-7-13(10-14)16-11-15-18-17(23-12-27(18)4)20(22-2)25-19(15)24-16/h6-8,10-12H,5,9H2,1-4H3,(H2,22,24,25). The first-order valence-corrected chi connectivity index (χ1v) is 9.41. The number of H-pyrrole nitrogens is 1. The molecule has 0 aliphatic heterocycles. The average molecular weight is 376 g/mol. The fourth-order valence-corrected chi connectivity index (χ4v) is 3.61. The summed E-state index contributed by atoms with van der Waals surface area (Å²) in [6.07, 6.45) is 2.73. The smallest absolute Gasteiger partial charge is 0.253 e. The van der Waals surface area contributed by atoms with E-state index in [1.807, 2.05) is 50.0 Å². The van der Waals surface area contributed by atoms with E-state index in [1.165, 1.54) is 0 Å². The number of benzene rings is 1. The first kappa shape index (κ1) is 18.0. The number of imidazole rings is 1. The molecule has 0 saturated heterocycles. The molecule has 28 heavy (non-hydrogen) atoms. The fraction of sp³-hybridized carbons (Fsp3) is 0.286. The molecule has 3 aromatic heterocycles. The SMILES string of the molecule is CCCN(C)C(=O)c1cccc(-c2cc3c(nc(NC)c4ncn(C)c43)[nH]2)c1. The monoisotopic (exact) mass is 376 g/mol. The molecule has 4 aromatic rings. The van der Waals surface area contributed by atoms with Gasteiger partial charge in [-0.25, -0.2) is 9.97 Å². The number of carbonyl (C=O) groups excluding carboxylic acids is 1. The number of aromatic nitrogens is 4. The van der Waals surface area contributed by atoms with Crippen LogP contribution in [0.2, 0.25) is 0 Å². The van der Waals surface area contributed by atoms with Crippen molar-refractivity contribution in [2.75, 3.05) is 26.0 Å². The van der Waals surface area contributed by atoms with Gasteiger partial charge in [-0.2, -0.15) is 0 Å². The zero-order valence-corrected chi connectivity index (χ0v) is 16.6. The summed E-state index contributed by atoms with van der Waals surface area (Å²) in [6.45, 7) is 2.81. The number of hydrogen-bond acceptors (Lipinski definition) is 4. The Balaban J connectivity index is 1.82. The number of aryl methyl sites for hydroxylation is 1. The van der Waals surface area contributed by atoms with Crippen LogP contribution < -0.4 is 5.32 Å². The van der Waals surface area contributed by atoms with Gasteiger partial charge in [0.15, 0.2) is 5.82 Å². The Bertz CT molecular complexity index is 1170. The number of nitrogens with one attached hydrogen (secondary N) is 2. The molecule has 7 heteroatoms. The van der Waals surface area contributed by atoms with Gasteiger partial charge in [-0.3, -0.25) is 4.79 Å². The van der Waals surface area contributed by atoms with Crippen LogP contribution in [0.1, 0.15) is 23.7 Å². The Hall–Kier alpha value is -3.35. The van der Waals surface area contributed by atoms with E-state index in [2.05, 4.69) is 33.3 Å². The van der Waals surface area contributed by atoms with Gasteiger partial charge in [0.1, 0.15) is 11.2 Å². The summed E-state index contributed by atoms with van der Waals surface area (Å²) in [5.41, 5.74) is 5.21. The largest absolute Gasteiger partial charge is 0.371 e.